The van der Waals surface area contributed by atoms with Crippen LogP contribution in [0.3, 0.4) is 0 Å². The fraction of sp³-hybridized carbons (Fsp3) is 0.222. The summed E-state index contributed by atoms with van der Waals surface area (Å²) in [5.74, 6) is -0.889. The molecule has 0 aromatic carbocycles. The number of ether oxygens (including phenoxy) is 1. The number of rotatable bonds is 6. The van der Waals surface area contributed by atoms with Gasteiger partial charge in [-0.15, -0.1) is 22.7 Å². The van der Waals surface area contributed by atoms with Crippen molar-refractivity contribution in [1.82, 2.24) is 15.3 Å². The number of esters is 1. The number of thiazole rings is 1. The van der Waals surface area contributed by atoms with Crippen molar-refractivity contribution in [2.24, 2.45) is 0 Å². The molecule has 0 spiro atoms. The number of hydrogen-bond donors (Lipinski definition) is 1. The van der Waals surface area contributed by atoms with Crippen LogP contribution in [0.25, 0.3) is 10.7 Å². The normalized spacial score (nSPS) is 11.8. The molecule has 1 unspecified atom stereocenters. The van der Waals surface area contributed by atoms with Crippen molar-refractivity contribution in [3.05, 3.63) is 57.4 Å². The largest absolute Gasteiger partial charge is 0.448 e. The van der Waals surface area contributed by atoms with E-state index in [0.29, 0.717) is 27.8 Å². The van der Waals surface area contributed by atoms with Gasteiger partial charge in [0.2, 0.25) is 0 Å². The lowest BCUT2D eigenvalue weighted by Gasteiger charge is -2.12. The molecule has 3 heterocycles. The van der Waals surface area contributed by atoms with Crippen molar-refractivity contribution in [2.75, 3.05) is 0 Å². The third-order valence-corrected chi connectivity index (χ3v) is 5.57. The highest BCUT2D eigenvalue weighted by Crippen LogP contribution is 2.27. The summed E-state index contributed by atoms with van der Waals surface area (Å²) in [4.78, 5) is 34.5. The number of aromatic nitrogens is 2. The Morgan fingerprint density at radius 2 is 2.12 bits per heavy atom. The Morgan fingerprint density at radius 3 is 2.81 bits per heavy atom. The Labute approximate surface area is 158 Å². The first-order chi connectivity index (χ1) is 12.5. The molecule has 0 aliphatic heterocycles. The number of thiophene rings is 1. The Morgan fingerprint density at radius 1 is 1.27 bits per heavy atom. The minimum Gasteiger partial charge on any atom is -0.448 e. The number of nitrogens with zero attached hydrogens (tertiary/aromatic N) is 2. The molecule has 26 heavy (non-hydrogen) atoms. The monoisotopic (exact) mass is 387 g/mol. The zero-order valence-corrected chi connectivity index (χ0v) is 15.9. The van der Waals surface area contributed by atoms with Gasteiger partial charge in [-0.25, -0.2) is 9.78 Å². The first kappa shape index (κ1) is 18.2. The predicted molar refractivity (Wildman–Crippen MR) is 101 cm³/mol. The maximum absolute atomic E-state index is 12.4. The smallest absolute Gasteiger partial charge is 0.351 e. The van der Waals surface area contributed by atoms with Crippen LogP contribution in [0.2, 0.25) is 0 Å². The maximum Gasteiger partial charge on any atom is 0.351 e. The molecule has 0 saturated carbocycles. The molecule has 3 aromatic heterocycles. The topological polar surface area (TPSA) is 81.2 Å². The fourth-order valence-electron chi connectivity index (χ4n) is 2.18. The molecular weight excluding hydrogens is 370 g/mol. The Kier molecular flexibility index (Phi) is 5.75. The van der Waals surface area contributed by atoms with Gasteiger partial charge in [-0.05, 0) is 37.4 Å². The standard InChI is InChI=1S/C18H17N3O3S2/c1-11-15(26-17(21-11)14-7-3-4-8-19-14)18(23)24-12(2)16(22)20-10-13-6-5-9-25-13/h3-9,12H,10H2,1-2H3,(H,20,22). The van der Waals surface area contributed by atoms with Crippen molar-refractivity contribution in [1.29, 1.82) is 0 Å². The summed E-state index contributed by atoms with van der Waals surface area (Å²) >= 11 is 2.76. The molecule has 0 bridgehead atoms. The van der Waals surface area contributed by atoms with Gasteiger partial charge in [-0.1, -0.05) is 12.1 Å². The fourth-order valence-corrected chi connectivity index (χ4v) is 3.75. The second-order valence-corrected chi connectivity index (χ2v) is 7.52. The molecule has 3 rings (SSSR count). The molecule has 0 radical (unpaired) electrons. The second kappa shape index (κ2) is 8.20. The molecule has 0 aliphatic carbocycles. The summed E-state index contributed by atoms with van der Waals surface area (Å²) < 4.78 is 5.30. The van der Waals surface area contributed by atoms with Gasteiger partial charge in [0.25, 0.3) is 5.91 Å². The van der Waals surface area contributed by atoms with Crippen LogP contribution in [-0.2, 0) is 16.1 Å². The minimum atomic E-state index is -0.887. The molecule has 1 N–H and O–H groups in total. The summed E-state index contributed by atoms with van der Waals surface area (Å²) in [7, 11) is 0. The molecule has 1 amide bonds. The van der Waals surface area contributed by atoms with Crippen LogP contribution in [0.15, 0.2) is 41.9 Å². The van der Waals surface area contributed by atoms with Gasteiger partial charge >= 0.3 is 5.97 Å². The summed E-state index contributed by atoms with van der Waals surface area (Å²) in [5, 5.41) is 5.34. The number of amides is 1. The van der Waals surface area contributed by atoms with Gasteiger partial charge in [-0.2, -0.15) is 0 Å². The number of carbonyl (C=O) groups is 2. The van der Waals surface area contributed by atoms with Gasteiger partial charge in [0.1, 0.15) is 9.88 Å². The molecular formula is C18H17N3O3S2. The number of pyridine rings is 1. The molecule has 0 fully saturated rings. The molecule has 6 nitrogen and oxygen atoms in total. The van der Waals surface area contributed by atoms with Crippen molar-refractivity contribution in [2.45, 2.75) is 26.5 Å². The highest BCUT2D eigenvalue weighted by molar-refractivity contribution is 7.17. The Hall–Kier alpha value is -2.58. The van der Waals surface area contributed by atoms with Crippen molar-refractivity contribution in [3.63, 3.8) is 0 Å². The van der Waals surface area contributed by atoms with Gasteiger partial charge in [0, 0.05) is 11.1 Å². The SMILES string of the molecule is Cc1nc(-c2ccccn2)sc1C(=O)OC(C)C(=O)NCc1cccs1. The summed E-state index contributed by atoms with van der Waals surface area (Å²) in [5.41, 5.74) is 1.26. The summed E-state index contributed by atoms with van der Waals surface area (Å²) in [6, 6.07) is 9.35. The van der Waals surface area contributed by atoms with E-state index in [4.69, 9.17) is 4.74 Å². The average molecular weight is 387 g/mol. The number of hydrogen-bond acceptors (Lipinski definition) is 7. The lowest BCUT2D eigenvalue weighted by Crippen LogP contribution is -2.35. The minimum absolute atomic E-state index is 0.334. The first-order valence-corrected chi connectivity index (χ1v) is 9.64. The maximum atomic E-state index is 12.4. The third-order valence-electron chi connectivity index (χ3n) is 3.54. The zero-order chi connectivity index (χ0) is 18.5. The van der Waals surface area contributed by atoms with Crippen LogP contribution in [0.5, 0.6) is 0 Å². The number of carbonyl (C=O) groups excluding carboxylic acids is 2. The van der Waals surface area contributed by atoms with E-state index in [9.17, 15) is 9.59 Å². The van der Waals surface area contributed by atoms with Crippen LogP contribution < -0.4 is 5.32 Å². The van der Waals surface area contributed by atoms with Crippen molar-refractivity contribution >= 4 is 34.6 Å². The van der Waals surface area contributed by atoms with E-state index in [1.54, 1.807) is 31.4 Å². The Balaban J connectivity index is 1.62. The summed E-state index contributed by atoms with van der Waals surface area (Å²) in [6.07, 6.45) is 0.784. The van der Waals surface area contributed by atoms with Crippen molar-refractivity contribution < 1.29 is 14.3 Å². The van der Waals surface area contributed by atoms with E-state index in [1.165, 1.54) is 11.3 Å². The quantitative estimate of drug-likeness (QED) is 0.655. The van der Waals surface area contributed by atoms with Crippen LogP contribution in [0, 0.1) is 6.92 Å². The number of nitrogens with one attached hydrogen (secondary N) is 1. The number of aryl methyl sites for hydroxylation is 1. The van der Waals surface area contributed by atoms with E-state index >= 15 is 0 Å². The van der Waals surface area contributed by atoms with Gasteiger partial charge in [-0.3, -0.25) is 9.78 Å². The predicted octanol–water partition coefficient (Wildman–Crippen LogP) is 3.44. The molecule has 134 valence electrons. The van der Waals surface area contributed by atoms with E-state index in [-0.39, 0.29) is 5.91 Å². The van der Waals surface area contributed by atoms with Crippen LogP contribution in [0.4, 0.5) is 0 Å². The van der Waals surface area contributed by atoms with Crippen LogP contribution in [-0.4, -0.2) is 27.9 Å². The lowest BCUT2D eigenvalue weighted by molar-refractivity contribution is -0.129. The van der Waals surface area contributed by atoms with E-state index in [1.807, 2.05) is 35.7 Å². The molecule has 1 atom stereocenters. The lowest BCUT2D eigenvalue weighted by atomic mass is 10.3. The van der Waals surface area contributed by atoms with Crippen LogP contribution >= 0.6 is 22.7 Å². The molecule has 3 aromatic rings. The van der Waals surface area contributed by atoms with Crippen LogP contribution in [0.1, 0.15) is 27.2 Å². The summed E-state index contributed by atoms with van der Waals surface area (Å²) in [6.45, 7) is 3.71. The average Bonchev–Trinajstić information content (AvgIpc) is 3.29. The molecule has 8 heteroatoms. The first-order valence-electron chi connectivity index (χ1n) is 7.94. The van der Waals surface area contributed by atoms with Gasteiger partial charge in [0.15, 0.2) is 6.10 Å². The van der Waals surface area contributed by atoms with E-state index < -0.39 is 12.1 Å². The highest BCUT2D eigenvalue weighted by atomic mass is 32.1. The van der Waals surface area contributed by atoms with Gasteiger partial charge in [0.05, 0.1) is 17.9 Å². The molecule has 0 saturated heterocycles. The Bertz CT molecular complexity index is 892. The van der Waals surface area contributed by atoms with E-state index in [0.717, 1.165) is 4.88 Å². The third kappa shape index (κ3) is 4.33. The van der Waals surface area contributed by atoms with Crippen molar-refractivity contribution in [3.8, 4) is 10.7 Å². The second-order valence-electron chi connectivity index (χ2n) is 5.49. The zero-order valence-electron chi connectivity index (χ0n) is 14.3. The highest BCUT2D eigenvalue weighted by Gasteiger charge is 2.23. The van der Waals surface area contributed by atoms with Gasteiger partial charge < -0.3 is 10.1 Å². The van der Waals surface area contributed by atoms with E-state index in [2.05, 4.69) is 15.3 Å². The molecule has 0 aliphatic rings.